The molecule has 0 aliphatic heterocycles. The molecule has 0 saturated heterocycles. The summed E-state index contributed by atoms with van der Waals surface area (Å²) in [5.41, 5.74) is -1.29. The Morgan fingerprint density at radius 2 is 1.73 bits per heavy atom. The highest BCUT2D eigenvalue weighted by atomic mass is 79.9. The van der Waals surface area contributed by atoms with Crippen molar-refractivity contribution in [1.29, 1.82) is 10.5 Å². The first-order valence-electron chi connectivity index (χ1n) is 5.82. The van der Waals surface area contributed by atoms with E-state index in [0.29, 0.717) is 0 Å². The molecule has 2 aromatic rings. The zero-order valence-corrected chi connectivity index (χ0v) is 12.3. The molecular formula is C15H6BrF3N2O. The minimum absolute atomic E-state index is 0.0571. The standard InChI is InChI=1S/C15H6BrF3N2O/c16-13-4-8(6-20)3-11(14(13)22)9-1-2-10(7-21)12(5-9)15(17,18)19/h1-5,22H. The van der Waals surface area contributed by atoms with Gasteiger partial charge in [-0.15, -0.1) is 0 Å². The van der Waals surface area contributed by atoms with Gasteiger partial charge < -0.3 is 5.11 Å². The fraction of sp³-hybridized carbons (Fsp3) is 0.0667. The summed E-state index contributed by atoms with van der Waals surface area (Å²) in [4.78, 5) is 0. The van der Waals surface area contributed by atoms with Crippen LogP contribution in [-0.4, -0.2) is 5.11 Å². The Labute approximate surface area is 132 Å². The summed E-state index contributed by atoms with van der Waals surface area (Å²) in [6, 6.07) is 9.08. The molecule has 0 saturated carbocycles. The van der Waals surface area contributed by atoms with Crippen LogP contribution in [0.15, 0.2) is 34.8 Å². The maximum Gasteiger partial charge on any atom is 0.417 e. The van der Waals surface area contributed by atoms with Crippen molar-refractivity contribution in [3.8, 4) is 29.0 Å². The summed E-state index contributed by atoms with van der Waals surface area (Å²) in [7, 11) is 0. The van der Waals surface area contributed by atoms with Gasteiger partial charge in [-0.1, -0.05) is 6.07 Å². The molecular weight excluding hydrogens is 361 g/mol. The summed E-state index contributed by atoms with van der Waals surface area (Å²) in [6.45, 7) is 0. The van der Waals surface area contributed by atoms with Crippen LogP contribution in [-0.2, 0) is 6.18 Å². The van der Waals surface area contributed by atoms with Crippen LogP contribution in [0.1, 0.15) is 16.7 Å². The molecule has 3 nitrogen and oxygen atoms in total. The summed E-state index contributed by atoms with van der Waals surface area (Å²) in [5.74, 6) is -0.281. The lowest BCUT2D eigenvalue weighted by atomic mass is 9.97. The van der Waals surface area contributed by atoms with Gasteiger partial charge in [-0.25, -0.2) is 0 Å². The zero-order valence-electron chi connectivity index (χ0n) is 10.7. The number of hydrogen-bond acceptors (Lipinski definition) is 3. The Hall–Kier alpha value is -2.51. The normalized spacial score (nSPS) is 10.8. The van der Waals surface area contributed by atoms with Crippen LogP contribution in [0.25, 0.3) is 11.1 Å². The maximum atomic E-state index is 13.0. The summed E-state index contributed by atoms with van der Waals surface area (Å²) >= 11 is 3.05. The predicted octanol–water partition coefficient (Wildman–Crippen LogP) is 4.58. The van der Waals surface area contributed by atoms with Crippen LogP contribution in [0.5, 0.6) is 5.75 Å². The average molecular weight is 367 g/mol. The van der Waals surface area contributed by atoms with Crippen LogP contribution >= 0.6 is 15.9 Å². The molecule has 0 aliphatic rings. The van der Waals surface area contributed by atoms with Gasteiger partial charge in [-0.2, -0.15) is 23.7 Å². The SMILES string of the molecule is N#Cc1cc(Br)c(O)c(-c2ccc(C#N)c(C(F)(F)F)c2)c1. The Kier molecular flexibility index (Phi) is 4.11. The maximum absolute atomic E-state index is 13.0. The van der Waals surface area contributed by atoms with Gasteiger partial charge in [-0.05, 0) is 45.8 Å². The molecule has 0 atom stereocenters. The lowest BCUT2D eigenvalue weighted by molar-refractivity contribution is -0.137. The molecule has 1 N–H and O–H groups in total. The third-order valence-corrected chi connectivity index (χ3v) is 3.55. The lowest BCUT2D eigenvalue weighted by Gasteiger charge is -2.12. The predicted molar refractivity (Wildman–Crippen MR) is 75.7 cm³/mol. The van der Waals surface area contributed by atoms with E-state index in [1.807, 2.05) is 6.07 Å². The molecule has 2 rings (SSSR count). The molecule has 0 fully saturated rings. The Balaban J connectivity index is 2.73. The van der Waals surface area contributed by atoms with Crippen LogP contribution in [0, 0.1) is 22.7 Å². The van der Waals surface area contributed by atoms with E-state index in [2.05, 4.69) is 15.9 Å². The highest BCUT2D eigenvalue weighted by molar-refractivity contribution is 9.10. The van der Waals surface area contributed by atoms with E-state index in [9.17, 15) is 18.3 Å². The largest absolute Gasteiger partial charge is 0.506 e. The van der Waals surface area contributed by atoms with E-state index in [0.717, 1.165) is 12.1 Å². The molecule has 0 radical (unpaired) electrons. The quantitative estimate of drug-likeness (QED) is 0.802. The van der Waals surface area contributed by atoms with Gasteiger partial charge in [0, 0.05) is 5.56 Å². The van der Waals surface area contributed by atoms with Gasteiger partial charge in [-0.3, -0.25) is 0 Å². The molecule has 0 bridgehead atoms. The van der Waals surface area contributed by atoms with E-state index in [1.54, 1.807) is 0 Å². The summed E-state index contributed by atoms with van der Waals surface area (Å²) < 4.78 is 39.1. The Bertz CT molecular complexity index is 832. The first-order valence-corrected chi connectivity index (χ1v) is 6.61. The van der Waals surface area contributed by atoms with Crippen molar-refractivity contribution in [2.75, 3.05) is 0 Å². The number of aromatic hydroxyl groups is 1. The lowest BCUT2D eigenvalue weighted by Crippen LogP contribution is -2.08. The first-order chi connectivity index (χ1) is 10.3. The highest BCUT2D eigenvalue weighted by Crippen LogP contribution is 2.40. The molecule has 0 unspecified atom stereocenters. The first kappa shape index (κ1) is 15.9. The van der Waals surface area contributed by atoms with E-state index < -0.39 is 17.3 Å². The van der Waals surface area contributed by atoms with E-state index >= 15 is 0 Å². The molecule has 0 aromatic heterocycles. The summed E-state index contributed by atoms with van der Waals surface area (Å²) in [6.07, 6.45) is -4.69. The van der Waals surface area contributed by atoms with E-state index in [-0.39, 0.29) is 26.9 Å². The van der Waals surface area contributed by atoms with Crippen molar-refractivity contribution in [3.05, 3.63) is 51.5 Å². The average Bonchev–Trinajstić information content (AvgIpc) is 2.48. The third-order valence-electron chi connectivity index (χ3n) is 2.95. The molecule has 7 heteroatoms. The second-order valence-electron chi connectivity index (χ2n) is 4.34. The molecule has 0 aliphatic carbocycles. The molecule has 110 valence electrons. The number of rotatable bonds is 1. The van der Waals surface area contributed by atoms with Gasteiger partial charge in [0.1, 0.15) is 5.75 Å². The molecule has 22 heavy (non-hydrogen) atoms. The van der Waals surface area contributed by atoms with Crippen molar-refractivity contribution in [2.45, 2.75) is 6.18 Å². The van der Waals surface area contributed by atoms with Gasteiger partial charge in [0.05, 0.1) is 33.3 Å². The van der Waals surface area contributed by atoms with Crippen LogP contribution < -0.4 is 0 Å². The second kappa shape index (κ2) is 5.70. The fourth-order valence-corrected chi connectivity index (χ4v) is 2.39. The molecule has 0 heterocycles. The van der Waals surface area contributed by atoms with Crippen molar-refractivity contribution in [1.82, 2.24) is 0 Å². The van der Waals surface area contributed by atoms with Crippen LogP contribution in [0.4, 0.5) is 13.2 Å². The third kappa shape index (κ3) is 2.90. The second-order valence-corrected chi connectivity index (χ2v) is 5.19. The van der Waals surface area contributed by atoms with Gasteiger partial charge in [0.15, 0.2) is 0 Å². The van der Waals surface area contributed by atoms with E-state index in [1.165, 1.54) is 24.3 Å². The number of nitrogens with zero attached hydrogens (tertiary/aromatic N) is 2. The van der Waals surface area contributed by atoms with Crippen LogP contribution in [0.2, 0.25) is 0 Å². The van der Waals surface area contributed by atoms with Crippen molar-refractivity contribution in [2.24, 2.45) is 0 Å². The number of nitriles is 2. The smallest absolute Gasteiger partial charge is 0.417 e. The van der Waals surface area contributed by atoms with Gasteiger partial charge in [0.25, 0.3) is 0 Å². The zero-order chi connectivity index (χ0) is 16.5. The monoisotopic (exact) mass is 366 g/mol. The van der Waals surface area contributed by atoms with Gasteiger partial charge in [0.2, 0.25) is 0 Å². The van der Waals surface area contributed by atoms with Crippen molar-refractivity contribution < 1.29 is 18.3 Å². The topological polar surface area (TPSA) is 67.8 Å². The number of halogens is 4. The number of alkyl halides is 3. The minimum Gasteiger partial charge on any atom is -0.506 e. The van der Waals surface area contributed by atoms with Crippen LogP contribution in [0.3, 0.4) is 0 Å². The minimum atomic E-state index is -4.69. The van der Waals surface area contributed by atoms with E-state index in [4.69, 9.17) is 10.5 Å². The van der Waals surface area contributed by atoms with Crippen molar-refractivity contribution >= 4 is 15.9 Å². The number of hydrogen-bond donors (Lipinski definition) is 1. The Morgan fingerprint density at radius 1 is 1.05 bits per heavy atom. The Morgan fingerprint density at radius 3 is 2.27 bits per heavy atom. The fourth-order valence-electron chi connectivity index (χ4n) is 1.93. The van der Waals surface area contributed by atoms with Gasteiger partial charge >= 0.3 is 6.18 Å². The molecule has 0 amide bonds. The molecule has 0 spiro atoms. The molecule has 2 aromatic carbocycles. The summed E-state index contributed by atoms with van der Waals surface area (Å²) in [5, 5.41) is 27.7. The highest BCUT2D eigenvalue weighted by Gasteiger charge is 2.34. The number of phenolic OH excluding ortho intramolecular Hbond substituents is 1. The number of phenols is 1. The van der Waals surface area contributed by atoms with Crippen molar-refractivity contribution in [3.63, 3.8) is 0 Å². The number of benzene rings is 2.